The number of thiophene rings is 1. The second-order valence-electron chi connectivity index (χ2n) is 5.61. The van der Waals surface area contributed by atoms with Gasteiger partial charge in [0.15, 0.2) is 0 Å². The van der Waals surface area contributed by atoms with Crippen molar-refractivity contribution in [2.75, 3.05) is 6.54 Å². The van der Waals surface area contributed by atoms with Gasteiger partial charge in [-0.25, -0.2) is 0 Å². The van der Waals surface area contributed by atoms with Crippen molar-refractivity contribution in [2.45, 2.75) is 46.3 Å². The van der Waals surface area contributed by atoms with Crippen LogP contribution in [0.2, 0.25) is 0 Å². The van der Waals surface area contributed by atoms with E-state index in [4.69, 9.17) is 0 Å². The minimum Gasteiger partial charge on any atom is -0.388 e. The molecule has 0 aliphatic heterocycles. The Kier molecular flexibility index (Phi) is 4.96. The van der Waals surface area contributed by atoms with Crippen LogP contribution in [0.25, 0.3) is 0 Å². The third-order valence-electron chi connectivity index (χ3n) is 2.43. The Morgan fingerprint density at radius 3 is 2.62 bits per heavy atom. The molecule has 1 aromatic rings. The van der Waals surface area contributed by atoms with E-state index < -0.39 is 0 Å². The molecule has 0 saturated carbocycles. The monoisotopic (exact) mass is 241 g/mol. The predicted octanol–water partition coefficient (Wildman–Crippen LogP) is 3.20. The molecule has 0 bridgehead atoms. The molecule has 16 heavy (non-hydrogen) atoms. The molecule has 92 valence electrons. The first-order valence-corrected chi connectivity index (χ1v) is 6.71. The van der Waals surface area contributed by atoms with E-state index in [0.717, 1.165) is 17.8 Å². The molecule has 2 nitrogen and oxygen atoms in total. The quantitative estimate of drug-likeness (QED) is 0.830. The van der Waals surface area contributed by atoms with E-state index in [9.17, 15) is 5.11 Å². The largest absolute Gasteiger partial charge is 0.388 e. The van der Waals surface area contributed by atoms with Gasteiger partial charge in [-0.15, -0.1) is 11.3 Å². The number of nitrogens with one attached hydrogen (secondary N) is 1. The summed E-state index contributed by atoms with van der Waals surface area (Å²) in [7, 11) is 0. The van der Waals surface area contributed by atoms with E-state index in [0.29, 0.717) is 11.5 Å². The van der Waals surface area contributed by atoms with Crippen molar-refractivity contribution < 1.29 is 5.11 Å². The second kappa shape index (κ2) is 5.80. The van der Waals surface area contributed by atoms with Gasteiger partial charge in [-0.05, 0) is 30.2 Å². The number of hydrogen-bond acceptors (Lipinski definition) is 3. The molecule has 0 spiro atoms. The average Bonchev–Trinajstić information content (AvgIpc) is 2.66. The molecule has 3 heteroatoms. The summed E-state index contributed by atoms with van der Waals surface area (Å²) < 4.78 is 0. The molecule has 1 aromatic heterocycles. The van der Waals surface area contributed by atoms with Gasteiger partial charge < -0.3 is 10.4 Å². The molecular formula is C13H23NOS. The van der Waals surface area contributed by atoms with Gasteiger partial charge in [-0.1, -0.05) is 26.8 Å². The predicted molar refractivity (Wildman–Crippen MR) is 70.8 cm³/mol. The van der Waals surface area contributed by atoms with Crippen LogP contribution < -0.4 is 5.32 Å². The van der Waals surface area contributed by atoms with Gasteiger partial charge in [0.2, 0.25) is 0 Å². The van der Waals surface area contributed by atoms with Gasteiger partial charge in [0, 0.05) is 17.5 Å². The first kappa shape index (κ1) is 13.7. The van der Waals surface area contributed by atoms with Crippen LogP contribution in [0, 0.1) is 5.41 Å². The number of hydrogen-bond donors (Lipinski definition) is 2. The van der Waals surface area contributed by atoms with Crippen LogP contribution in [0.15, 0.2) is 17.5 Å². The highest BCUT2D eigenvalue weighted by Gasteiger charge is 2.15. The highest BCUT2D eigenvalue weighted by atomic mass is 32.1. The normalized spacial score (nSPS) is 16.1. The van der Waals surface area contributed by atoms with Gasteiger partial charge in [0.25, 0.3) is 0 Å². The van der Waals surface area contributed by atoms with Crippen LogP contribution in [0.4, 0.5) is 0 Å². The molecular weight excluding hydrogens is 218 g/mol. The van der Waals surface area contributed by atoms with Crippen LogP contribution in [0.3, 0.4) is 0 Å². The fraction of sp³-hybridized carbons (Fsp3) is 0.692. The summed E-state index contributed by atoms with van der Waals surface area (Å²) in [4.78, 5) is 1.06. The van der Waals surface area contributed by atoms with E-state index in [1.807, 2.05) is 17.5 Å². The van der Waals surface area contributed by atoms with Crippen LogP contribution >= 0.6 is 11.3 Å². The Hall–Kier alpha value is -0.380. The summed E-state index contributed by atoms with van der Waals surface area (Å²) >= 11 is 1.62. The van der Waals surface area contributed by atoms with Gasteiger partial charge >= 0.3 is 0 Å². The zero-order valence-corrected chi connectivity index (χ0v) is 11.5. The van der Waals surface area contributed by atoms with E-state index >= 15 is 0 Å². The summed E-state index contributed by atoms with van der Waals surface area (Å²) in [5, 5.41) is 15.4. The lowest BCUT2D eigenvalue weighted by Gasteiger charge is -2.23. The van der Waals surface area contributed by atoms with E-state index in [1.165, 1.54) is 0 Å². The van der Waals surface area contributed by atoms with Crippen LogP contribution in [-0.4, -0.2) is 17.7 Å². The van der Waals surface area contributed by atoms with Crippen LogP contribution in [-0.2, 0) is 0 Å². The average molecular weight is 241 g/mol. The zero-order valence-electron chi connectivity index (χ0n) is 10.7. The second-order valence-corrected chi connectivity index (χ2v) is 6.59. The highest BCUT2D eigenvalue weighted by Crippen LogP contribution is 2.23. The minimum atomic E-state index is -0.331. The molecule has 1 rings (SSSR count). The van der Waals surface area contributed by atoms with Gasteiger partial charge in [0.05, 0.1) is 6.10 Å². The summed E-state index contributed by atoms with van der Waals surface area (Å²) in [5.74, 6) is 0. The van der Waals surface area contributed by atoms with E-state index in [1.54, 1.807) is 11.3 Å². The molecule has 0 radical (unpaired) electrons. The Balaban J connectivity index is 2.32. The fourth-order valence-corrected chi connectivity index (χ4v) is 2.22. The van der Waals surface area contributed by atoms with Gasteiger partial charge in [-0.3, -0.25) is 0 Å². The van der Waals surface area contributed by atoms with Crippen molar-refractivity contribution in [3.8, 4) is 0 Å². The Morgan fingerprint density at radius 2 is 2.12 bits per heavy atom. The molecule has 2 N–H and O–H groups in total. The lowest BCUT2D eigenvalue weighted by Crippen LogP contribution is -2.34. The summed E-state index contributed by atoms with van der Waals surface area (Å²) in [6.45, 7) is 9.74. The molecule has 2 atom stereocenters. The smallest absolute Gasteiger partial charge is 0.0896 e. The minimum absolute atomic E-state index is 0.294. The van der Waals surface area contributed by atoms with Crippen molar-refractivity contribution in [3.05, 3.63) is 22.4 Å². The number of rotatable bonds is 5. The topological polar surface area (TPSA) is 32.3 Å². The van der Waals surface area contributed by atoms with Crippen molar-refractivity contribution in [3.63, 3.8) is 0 Å². The standard InChI is InChI=1S/C13H23NOS/c1-10(14-9-13(2,3)4)8-11(15)12-6-5-7-16-12/h5-7,10-11,14-15H,8-9H2,1-4H3. The molecule has 0 amide bonds. The number of aliphatic hydroxyl groups excluding tert-OH is 1. The Morgan fingerprint density at radius 1 is 1.44 bits per heavy atom. The molecule has 0 aliphatic rings. The van der Waals surface area contributed by atoms with Crippen molar-refractivity contribution in [2.24, 2.45) is 5.41 Å². The van der Waals surface area contributed by atoms with Gasteiger partial charge in [-0.2, -0.15) is 0 Å². The maximum Gasteiger partial charge on any atom is 0.0896 e. The maximum absolute atomic E-state index is 9.98. The first-order valence-electron chi connectivity index (χ1n) is 5.83. The Bertz CT molecular complexity index is 289. The molecule has 0 fully saturated rings. The van der Waals surface area contributed by atoms with E-state index in [2.05, 4.69) is 33.0 Å². The Labute approximate surface area is 103 Å². The van der Waals surface area contributed by atoms with E-state index in [-0.39, 0.29) is 6.10 Å². The summed E-state index contributed by atoms with van der Waals surface area (Å²) in [6, 6.07) is 4.32. The zero-order chi connectivity index (χ0) is 12.2. The van der Waals surface area contributed by atoms with Crippen molar-refractivity contribution in [1.29, 1.82) is 0 Å². The van der Waals surface area contributed by atoms with Crippen LogP contribution in [0.1, 0.15) is 45.1 Å². The molecule has 0 saturated heterocycles. The van der Waals surface area contributed by atoms with Crippen molar-refractivity contribution >= 4 is 11.3 Å². The van der Waals surface area contributed by atoms with Crippen molar-refractivity contribution in [1.82, 2.24) is 5.32 Å². The molecule has 1 heterocycles. The maximum atomic E-state index is 9.98. The third kappa shape index (κ3) is 5.10. The number of aliphatic hydroxyl groups is 1. The van der Waals surface area contributed by atoms with Gasteiger partial charge in [0.1, 0.15) is 0 Å². The summed E-state index contributed by atoms with van der Waals surface area (Å²) in [6.07, 6.45) is 0.443. The lowest BCUT2D eigenvalue weighted by atomic mass is 9.96. The molecule has 0 aromatic carbocycles. The SMILES string of the molecule is CC(CC(O)c1cccs1)NCC(C)(C)C. The summed E-state index contributed by atoms with van der Waals surface area (Å²) in [5.41, 5.74) is 0.294. The lowest BCUT2D eigenvalue weighted by molar-refractivity contribution is 0.155. The molecule has 2 unspecified atom stereocenters. The van der Waals surface area contributed by atoms with Crippen LogP contribution in [0.5, 0.6) is 0 Å². The fourth-order valence-electron chi connectivity index (χ4n) is 1.50. The molecule has 0 aliphatic carbocycles. The first-order chi connectivity index (χ1) is 7.38. The third-order valence-corrected chi connectivity index (χ3v) is 3.40. The highest BCUT2D eigenvalue weighted by molar-refractivity contribution is 7.10.